The summed E-state index contributed by atoms with van der Waals surface area (Å²) in [4.78, 5) is 14.0. The van der Waals surface area contributed by atoms with Gasteiger partial charge in [-0.1, -0.05) is 13.0 Å². The van der Waals surface area contributed by atoms with Gasteiger partial charge < -0.3 is 9.84 Å². The zero-order valence-corrected chi connectivity index (χ0v) is 12.8. The van der Waals surface area contributed by atoms with Crippen molar-refractivity contribution in [2.24, 2.45) is 5.41 Å². The molecule has 21 heavy (non-hydrogen) atoms. The van der Waals surface area contributed by atoms with Crippen molar-refractivity contribution in [1.29, 1.82) is 0 Å². The van der Waals surface area contributed by atoms with Gasteiger partial charge in [0.2, 0.25) is 0 Å². The molecule has 1 heterocycles. The molecule has 0 amide bonds. The van der Waals surface area contributed by atoms with Crippen LogP contribution in [0.1, 0.15) is 43.4 Å². The number of hydrogen-bond donors (Lipinski definition) is 1. The molecule has 2 atom stereocenters. The van der Waals surface area contributed by atoms with Gasteiger partial charge in [0.15, 0.2) is 0 Å². The lowest BCUT2D eigenvalue weighted by atomic mass is 9.84. The Balaban J connectivity index is 1.84. The fourth-order valence-corrected chi connectivity index (χ4v) is 3.85. The molecule has 4 nitrogen and oxygen atoms in total. The quantitative estimate of drug-likeness (QED) is 0.926. The van der Waals surface area contributed by atoms with Gasteiger partial charge in [-0.25, -0.2) is 0 Å². The lowest BCUT2D eigenvalue weighted by molar-refractivity contribution is -0.148. The summed E-state index contributed by atoms with van der Waals surface area (Å²) >= 11 is 0. The van der Waals surface area contributed by atoms with Gasteiger partial charge in [0, 0.05) is 12.6 Å². The summed E-state index contributed by atoms with van der Waals surface area (Å²) in [7, 11) is 1.69. The van der Waals surface area contributed by atoms with Crippen LogP contribution in [0.25, 0.3) is 0 Å². The molecule has 1 aromatic carbocycles. The maximum Gasteiger partial charge on any atom is 0.310 e. The number of ether oxygens (including phenoxy) is 1. The number of likely N-dealkylation sites (tertiary alicyclic amines) is 1. The van der Waals surface area contributed by atoms with Crippen LogP contribution in [0.4, 0.5) is 0 Å². The Labute approximate surface area is 125 Å². The molecule has 0 aromatic heterocycles. The van der Waals surface area contributed by atoms with Gasteiger partial charge in [-0.05, 0) is 55.5 Å². The second-order valence-corrected chi connectivity index (χ2v) is 6.28. The molecule has 0 saturated carbocycles. The van der Waals surface area contributed by atoms with Crippen molar-refractivity contribution in [3.8, 4) is 5.75 Å². The number of rotatable bonds is 4. The number of nitrogens with zero attached hydrogens (tertiary/aromatic N) is 1. The molecule has 0 bridgehead atoms. The van der Waals surface area contributed by atoms with E-state index in [1.165, 1.54) is 11.1 Å². The summed E-state index contributed by atoms with van der Waals surface area (Å²) in [6.07, 6.45) is 3.62. The van der Waals surface area contributed by atoms with Crippen LogP contribution in [0.3, 0.4) is 0 Å². The Morgan fingerprint density at radius 3 is 2.95 bits per heavy atom. The minimum absolute atomic E-state index is 0.350. The second-order valence-electron chi connectivity index (χ2n) is 6.28. The summed E-state index contributed by atoms with van der Waals surface area (Å²) in [5, 5.41) is 9.56. The predicted octanol–water partition coefficient (Wildman–Crippen LogP) is 2.87. The molecule has 1 aliphatic carbocycles. The van der Waals surface area contributed by atoms with E-state index in [0.717, 1.165) is 31.6 Å². The molecule has 114 valence electrons. The fraction of sp³-hybridized carbons (Fsp3) is 0.588. The molecule has 2 unspecified atom stereocenters. The molecular weight excluding hydrogens is 266 g/mol. The Morgan fingerprint density at radius 1 is 1.52 bits per heavy atom. The molecule has 1 saturated heterocycles. The second kappa shape index (κ2) is 5.34. The average Bonchev–Trinajstić information content (AvgIpc) is 3.10. The first-order valence-electron chi connectivity index (χ1n) is 7.74. The Morgan fingerprint density at radius 2 is 2.33 bits per heavy atom. The molecule has 1 N–H and O–H groups in total. The van der Waals surface area contributed by atoms with Gasteiger partial charge >= 0.3 is 5.97 Å². The topological polar surface area (TPSA) is 49.8 Å². The van der Waals surface area contributed by atoms with Crippen molar-refractivity contribution in [1.82, 2.24) is 4.90 Å². The largest absolute Gasteiger partial charge is 0.497 e. The first-order valence-corrected chi connectivity index (χ1v) is 7.74. The number of aryl methyl sites for hydroxylation is 1. The third-order valence-corrected chi connectivity index (χ3v) is 5.35. The Kier molecular flexibility index (Phi) is 3.66. The maximum absolute atomic E-state index is 11.6. The minimum Gasteiger partial charge on any atom is -0.497 e. The number of carboxylic acid groups (broad SMARTS) is 1. The molecule has 1 aromatic rings. The highest BCUT2D eigenvalue weighted by atomic mass is 16.5. The summed E-state index contributed by atoms with van der Waals surface area (Å²) in [6, 6.07) is 6.63. The standard InChI is InChI=1S/C17H23NO3/c1-3-17(16(19)20)8-9-18(11-17)15-7-5-12-4-6-13(21-2)10-14(12)15/h4,6,10,15H,3,5,7-9,11H2,1-2H3,(H,19,20). The Bertz CT molecular complexity index is 557. The van der Waals surface area contributed by atoms with Crippen molar-refractivity contribution in [2.45, 2.75) is 38.6 Å². The molecule has 4 heteroatoms. The third-order valence-electron chi connectivity index (χ3n) is 5.35. The van der Waals surface area contributed by atoms with E-state index >= 15 is 0 Å². The highest BCUT2D eigenvalue weighted by Gasteiger charge is 2.46. The van der Waals surface area contributed by atoms with Gasteiger partial charge in [0.25, 0.3) is 0 Å². The van der Waals surface area contributed by atoms with Crippen LogP contribution in [-0.4, -0.2) is 36.2 Å². The van der Waals surface area contributed by atoms with Crippen LogP contribution in [0.15, 0.2) is 18.2 Å². The van der Waals surface area contributed by atoms with Crippen molar-refractivity contribution in [3.05, 3.63) is 29.3 Å². The number of benzene rings is 1. The molecule has 2 aliphatic rings. The number of aliphatic carboxylic acids is 1. The molecular formula is C17H23NO3. The van der Waals surface area contributed by atoms with Crippen LogP contribution in [0.2, 0.25) is 0 Å². The number of hydrogen-bond acceptors (Lipinski definition) is 3. The number of methoxy groups -OCH3 is 1. The number of carbonyl (C=O) groups is 1. The van der Waals surface area contributed by atoms with Crippen LogP contribution >= 0.6 is 0 Å². The first kappa shape index (κ1) is 14.4. The number of carboxylic acids is 1. The predicted molar refractivity (Wildman–Crippen MR) is 80.6 cm³/mol. The molecule has 0 spiro atoms. The van der Waals surface area contributed by atoms with E-state index in [9.17, 15) is 9.90 Å². The average molecular weight is 289 g/mol. The summed E-state index contributed by atoms with van der Waals surface area (Å²) in [6.45, 7) is 3.53. The maximum atomic E-state index is 11.6. The van der Waals surface area contributed by atoms with E-state index in [1.807, 2.05) is 13.0 Å². The van der Waals surface area contributed by atoms with E-state index in [4.69, 9.17) is 4.74 Å². The lowest BCUT2D eigenvalue weighted by Crippen LogP contribution is -2.35. The summed E-state index contributed by atoms with van der Waals surface area (Å²) < 4.78 is 5.34. The molecule has 0 radical (unpaired) electrons. The lowest BCUT2D eigenvalue weighted by Gasteiger charge is -2.28. The van der Waals surface area contributed by atoms with Crippen LogP contribution < -0.4 is 4.74 Å². The van der Waals surface area contributed by atoms with Gasteiger partial charge in [-0.3, -0.25) is 9.69 Å². The molecule has 1 fully saturated rings. The van der Waals surface area contributed by atoms with Crippen molar-refractivity contribution in [3.63, 3.8) is 0 Å². The van der Waals surface area contributed by atoms with Crippen molar-refractivity contribution in [2.75, 3.05) is 20.2 Å². The van der Waals surface area contributed by atoms with Gasteiger partial charge in [0.1, 0.15) is 5.75 Å². The van der Waals surface area contributed by atoms with E-state index < -0.39 is 11.4 Å². The van der Waals surface area contributed by atoms with E-state index in [1.54, 1.807) is 7.11 Å². The summed E-state index contributed by atoms with van der Waals surface area (Å²) in [5.74, 6) is 0.246. The molecule has 3 rings (SSSR count). The molecule has 1 aliphatic heterocycles. The van der Waals surface area contributed by atoms with E-state index in [2.05, 4.69) is 17.0 Å². The van der Waals surface area contributed by atoms with Crippen LogP contribution in [-0.2, 0) is 11.2 Å². The van der Waals surface area contributed by atoms with Crippen LogP contribution in [0.5, 0.6) is 5.75 Å². The van der Waals surface area contributed by atoms with E-state index in [0.29, 0.717) is 19.0 Å². The van der Waals surface area contributed by atoms with Crippen molar-refractivity contribution >= 4 is 5.97 Å². The highest BCUT2D eigenvalue weighted by Crippen LogP contribution is 2.44. The summed E-state index contributed by atoms with van der Waals surface area (Å²) in [5.41, 5.74) is 2.15. The van der Waals surface area contributed by atoms with E-state index in [-0.39, 0.29) is 0 Å². The highest BCUT2D eigenvalue weighted by molar-refractivity contribution is 5.75. The first-order chi connectivity index (χ1) is 10.1. The monoisotopic (exact) mass is 289 g/mol. The SMILES string of the molecule is CCC1(C(=O)O)CCN(C2CCc3ccc(OC)cc32)C1. The Hall–Kier alpha value is -1.55. The third kappa shape index (κ3) is 2.31. The van der Waals surface area contributed by atoms with Gasteiger partial charge in [-0.2, -0.15) is 0 Å². The number of fused-ring (bicyclic) bond motifs is 1. The van der Waals surface area contributed by atoms with Gasteiger partial charge in [0.05, 0.1) is 12.5 Å². The zero-order chi connectivity index (χ0) is 15.0. The minimum atomic E-state index is -0.642. The van der Waals surface area contributed by atoms with Crippen molar-refractivity contribution < 1.29 is 14.6 Å². The van der Waals surface area contributed by atoms with Gasteiger partial charge in [-0.15, -0.1) is 0 Å². The normalized spacial score (nSPS) is 28.6. The van der Waals surface area contributed by atoms with Crippen LogP contribution in [0, 0.1) is 5.41 Å². The zero-order valence-electron chi connectivity index (χ0n) is 12.8. The fourth-order valence-electron chi connectivity index (χ4n) is 3.85. The smallest absolute Gasteiger partial charge is 0.310 e.